The zero-order valence-corrected chi connectivity index (χ0v) is 22.8. The molecule has 4 aromatic rings. The van der Waals surface area contributed by atoms with Gasteiger partial charge in [-0.1, -0.05) is 65.7 Å². The van der Waals surface area contributed by atoms with Gasteiger partial charge in [0.2, 0.25) is 5.91 Å². The van der Waals surface area contributed by atoms with E-state index in [1.807, 2.05) is 43.3 Å². The molecule has 9 heteroatoms. The van der Waals surface area contributed by atoms with Gasteiger partial charge < -0.3 is 10.2 Å². The van der Waals surface area contributed by atoms with Crippen molar-refractivity contribution in [2.24, 2.45) is 0 Å². The molecule has 0 saturated carbocycles. The third-order valence-electron chi connectivity index (χ3n) is 6.65. The summed E-state index contributed by atoms with van der Waals surface area (Å²) in [4.78, 5) is 27.9. The molecule has 1 atom stereocenters. The van der Waals surface area contributed by atoms with Gasteiger partial charge in [0.05, 0.1) is 29.0 Å². The minimum atomic E-state index is -0.377. The topological polar surface area (TPSA) is 67.2 Å². The predicted molar refractivity (Wildman–Crippen MR) is 151 cm³/mol. The van der Waals surface area contributed by atoms with Crippen LogP contribution in [0, 0.1) is 5.82 Å². The molecule has 0 bridgehead atoms. The third kappa shape index (κ3) is 5.60. The first-order valence-electron chi connectivity index (χ1n) is 12.4. The van der Waals surface area contributed by atoms with E-state index in [9.17, 15) is 14.0 Å². The molecule has 39 heavy (non-hydrogen) atoms. The molecule has 6 nitrogen and oxygen atoms in total. The summed E-state index contributed by atoms with van der Waals surface area (Å²) in [6.45, 7) is 3.85. The van der Waals surface area contributed by atoms with Crippen molar-refractivity contribution >= 4 is 46.7 Å². The van der Waals surface area contributed by atoms with Crippen LogP contribution in [0.2, 0.25) is 10.0 Å². The highest BCUT2D eigenvalue weighted by Gasteiger charge is 2.33. The lowest BCUT2D eigenvalue weighted by Crippen LogP contribution is -2.35. The molecule has 0 aliphatic carbocycles. The van der Waals surface area contributed by atoms with Crippen LogP contribution in [0.1, 0.15) is 52.8 Å². The number of fused-ring (bicyclic) bond motifs is 1. The van der Waals surface area contributed by atoms with Crippen molar-refractivity contribution in [1.29, 1.82) is 0 Å². The summed E-state index contributed by atoms with van der Waals surface area (Å²) in [6.07, 6.45) is 1.86. The van der Waals surface area contributed by atoms with E-state index in [0.717, 1.165) is 16.7 Å². The van der Waals surface area contributed by atoms with E-state index >= 15 is 0 Å². The summed E-state index contributed by atoms with van der Waals surface area (Å²) in [6, 6.07) is 20.4. The lowest BCUT2D eigenvalue weighted by atomic mass is 9.97. The Morgan fingerprint density at radius 3 is 2.41 bits per heavy atom. The number of carbonyl (C=O) groups excluding carboxylic acids is 2. The first kappa shape index (κ1) is 26.7. The molecular formula is C30H25Cl2FN4O2. The molecule has 0 unspecified atom stereocenters. The first-order valence-corrected chi connectivity index (χ1v) is 13.1. The van der Waals surface area contributed by atoms with Gasteiger partial charge in [0, 0.05) is 24.1 Å². The van der Waals surface area contributed by atoms with Crippen LogP contribution >= 0.6 is 23.2 Å². The van der Waals surface area contributed by atoms with Gasteiger partial charge >= 0.3 is 0 Å². The van der Waals surface area contributed by atoms with E-state index in [-0.39, 0.29) is 42.5 Å². The summed E-state index contributed by atoms with van der Waals surface area (Å²) in [5.74, 6) is -0.874. The normalized spacial score (nSPS) is 14.7. The highest BCUT2D eigenvalue weighted by molar-refractivity contribution is 6.35. The Balaban J connectivity index is 1.68. The fraction of sp³-hybridized carbons (Fsp3) is 0.167. The number of benzene rings is 3. The van der Waals surface area contributed by atoms with Gasteiger partial charge in [-0.25, -0.2) is 9.07 Å². The molecule has 5 rings (SSSR count). The number of carbonyl (C=O) groups is 2. The molecular weight excluding hydrogens is 538 g/mol. The van der Waals surface area contributed by atoms with Gasteiger partial charge in [-0.2, -0.15) is 5.10 Å². The van der Waals surface area contributed by atoms with Crippen LogP contribution in [0.3, 0.4) is 0 Å². The molecule has 198 valence electrons. The van der Waals surface area contributed by atoms with E-state index in [1.54, 1.807) is 39.9 Å². The standard InChI is InChI=1S/C30H25Cl2FN4O2/c1-18(21-6-4-3-5-7-21)34-30(39)28-25-17-36(19(2)38)16-22(14-20-8-11-24(33)12-9-20)29(25)37(35-28)27-13-10-23(31)15-26(27)32/h3-15,18H,16-17H2,1-2H3,(H,34,39)/b22-14+/t18-/m1/s1. The van der Waals surface area contributed by atoms with Crippen LogP contribution in [0.15, 0.2) is 72.8 Å². The lowest BCUT2D eigenvalue weighted by Gasteiger charge is -2.29. The maximum atomic E-state index is 13.7. The number of halogens is 3. The predicted octanol–water partition coefficient (Wildman–Crippen LogP) is 6.71. The number of hydrogen-bond acceptors (Lipinski definition) is 3. The van der Waals surface area contributed by atoms with Crippen LogP contribution < -0.4 is 5.32 Å². The molecule has 0 radical (unpaired) electrons. The van der Waals surface area contributed by atoms with E-state index in [1.165, 1.54) is 19.1 Å². The molecule has 3 aromatic carbocycles. The van der Waals surface area contributed by atoms with E-state index in [4.69, 9.17) is 28.3 Å². The Morgan fingerprint density at radius 1 is 1.03 bits per heavy atom. The third-order valence-corrected chi connectivity index (χ3v) is 7.19. The Morgan fingerprint density at radius 2 is 1.74 bits per heavy atom. The molecule has 1 aliphatic rings. The summed E-state index contributed by atoms with van der Waals surface area (Å²) in [7, 11) is 0. The molecule has 0 saturated heterocycles. The van der Waals surface area contributed by atoms with Crippen molar-refractivity contribution in [2.75, 3.05) is 6.54 Å². The van der Waals surface area contributed by atoms with Crippen LogP contribution in [-0.2, 0) is 11.3 Å². The van der Waals surface area contributed by atoms with Gasteiger partial charge in [-0.15, -0.1) is 0 Å². The zero-order chi connectivity index (χ0) is 27.7. The molecule has 1 aromatic heterocycles. The summed E-state index contributed by atoms with van der Waals surface area (Å²) in [5, 5.41) is 8.59. The van der Waals surface area contributed by atoms with Crippen LogP contribution in [0.4, 0.5) is 4.39 Å². The molecule has 0 fully saturated rings. The molecule has 1 N–H and O–H groups in total. The largest absolute Gasteiger partial charge is 0.344 e. The Hall–Kier alpha value is -3.94. The number of nitrogens with zero attached hydrogens (tertiary/aromatic N) is 3. The van der Waals surface area contributed by atoms with Gasteiger partial charge in [0.25, 0.3) is 5.91 Å². The van der Waals surface area contributed by atoms with Gasteiger partial charge in [0.1, 0.15) is 5.82 Å². The molecule has 2 heterocycles. The first-order chi connectivity index (χ1) is 18.7. The van der Waals surface area contributed by atoms with Crippen molar-refractivity contribution in [1.82, 2.24) is 20.0 Å². The maximum Gasteiger partial charge on any atom is 0.272 e. The van der Waals surface area contributed by atoms with Crippen molar-refractivity contribution in [3.05, 3.63) is 117 Å². The van der Waals surface area contributed by atoms with Gasteiger partial charge in [-0.3, -0.25) is 9.59 Å². The van der Waals surface area contributed by atoms with Gasteiger partial charge in [0.15, 0.2) is 5.69 Å². The fourth-order valence-electron chi connectivity index (χ4n) is 4.65. The second-order valence-corrected chi connectivity index (χ2v) is 10.2. The SMILES string of the molecule is CC(=O)N1C/C(=C\c2ccc(F)cc2)c2c(c(C(=O)N[C@H](C)c3ccccc3)nn2-c2ccc(Cl)cc2Cl)C1. The summed E-state index contributed by atoms with van der Waals surface area (Å²) >= 11 is 12.7. The van der Waals surface area contributed by atoms with Crippen LogP contribution in [-0.4, -0.2) is 33.0 Å². The summed E-state index contributed by atoms with van der Waals surface area (Å²) in [5.41, 5.74) is 4.38. The average molecular weight is 563 g/mol. The highest BCUT2D eigenvalue weighted by Crippen LogP contribution is 2.36. The quantitative estimate of drug-likeness (QED) is 0.294. The van der Waals surface area contributed by atoms with E-state index < -0.39 is 0 Å². The number of nitrogens with one attached hydrogen (secondary N) is 1. The molecule has 0 spiro atoms. The fourth-order valence-corrected chi connectivity index (χ4v) is 5.14. The molecule has 1 aliphatic heterocycles. The van der Waals surface area contributed by atoms with Crippen molar-refractivity contribution in [2.45, 2.75) is 26.4 Å². The Kier molecular flexibility index (Phi) is 7.55. The number of aromatic nitrogens is 2. The van der Waals surface area contributed by atoms with Crippen LogP contribution in [0.25, 0.3) is 17.3 Å². The van der Waals surface area contributed by atoms with Crippen molar-refractivity contribution in [3.63, 3.8) is 0 Å². The average Bonchev–Trinajstić information content (AvgIpc) is 3.30. The van der Waals surface area contributed by atoms with E-state index in [0.29, 0.717) is 27.0 Å². The highest BCUT2D eigenvalue weighted by atomic mass is 35.5. The van der Waals surface area contributed by atoms with Gasteiger partial charge in [-0.05, 0) is 60.0 Å². The second-order valence-electron chi connectivity index (χ2n) is 9.39. The Labute approximate surface area is 235 Å². The van der Waals surface area contributed by atoms with Crippen molar-refractivity contribution in [3.8, 4) is 5.69 Å². The summed E-state index contributed by atoms with van der Waals surface area (Å²) < 4.78 is 15.2. The number of amides is 2. The van der Waals surface area contributed by atoms with Crippen molar-refractivity contribution < 1.29 is 14.0 Å². The van der Waals surface area contributed by atoms with E-state index in [2.05, 4.69) is 5.32 Å². The zero-order valence-electron chi connectivity index (χ0n) is 21.3. The number of rotatable bonds is 5. The van der Waals surface area contributed by atoms with Crippen LogP contribution in [0.5, 0.6) is 0 Å². The molecule has 2 amide bonds. The Bertz CT molecular complexity index is 1580. The lowest BCUT2D eigenvalue weighted by molar-refractivity contribution is -0.128. The minimum absolute atomic E-state index is 0.146. The second kappa shape index (κ2) is 11.0. The monoisotopic (exact) mass is 562 g/mol. The maximum absolute atomic E-state index is 13.7. The minimum Gasteiger partial charge on any atom is -0.344 e. The number of hydrogen-bond donors (Lipinski definition) is 1. The smallest absolute Gasteiger partial charge is 0.272 e.